The largest absolute Gasteiger partial charge is 0.469 e. The lowest BCUT2D eigenvalue weighted by Gasteiger charge is -2.20. The fraction of sp³-hybridized carbons (Fsp3) is 0.474. The van der Waals surface area contributed by atoms with Crippen molar-refractivity contribution in [2.45, 2.75) is 13.1 Å². The number of benzene rings is 1. The lowest BCUT2D eigenvalue weighted by molar-refractivity contribution is -0.146. The Hall–Kier alpha value is -2.69. The van der Waals surface area contributed by atoms with Gasteiger partial charge in [0.25, 0.3) is 0 Å². The zero-order chi connectivity index (χ0) is 20.0. The number of ether oxygens (including phenoxy) is 1. The second-order valence-corrected chi connectivity index (χ2v) is 6.29. The van der Waals surface area contributed by atoms with Crippen LogP contribution in [0, 0.1) is 23.7 Å². The number of alkyl halides is 3. The third-order valence-electron chi connectivity index (χ3n) is 4.39. The van der Waals surface area contributed by atoms with Crippen molar-refractivity contribution in [1.29, 1.82) is 0 Å². The second kappa shape index (κ2) is 8.80. The van der Waals surface area contributed by atoms with E-state index < -0.39 is 11.7 Å². The van der Waals surface area contributed by atoms with Gasteiger partial charge < -0.3 is 15.0 Å². The van der Waals surface area contributed by atoms with E-state index in [2.05, 4.69) is 22.2 Å². The standard InChI is InChI=1S/C19H22F3N3O2/c1-13-11-25(12-16(13)17(26)27-3)18(23-2)24-9-5-7-14-6-4-8-15(10-14)19(20,21)22/h4,6,8,10,13,16H,9,11-12H2,1-3H3,(H,23,24). The summed E-state index contributed by atoms with van der Waals surface area (Å²) in [4.78, 5) is 17.9. The maximum absolute atomic E-state index is 12.7. The summed E-state index contributed by atoms with van der Waals surface area (Å²) in [5, 5.41) is 3.05. The van der Waals surface area contributed by atoms with Crippen LogP contribution in [0.3, 0.4) is 0 Å². The smallest absolute Gasteiger partial charge is 0.416 e. The third-order valence-corrected chi connectivity index (χ3v) is 4.39. The van der Waals surface area contributed by atoms with Crippen LogP contribution in [0.2, 0.25) is 0 Å². The zero-order valence-corrected chi connectivity index (χ0v) is 15.4. The highest BCUT2D eigenvalue weighted by Crippen LogP contribution is 2.29. The Bertz CT molecular complexity index is 765. The summed E-state index contributed by atoms with van der Waals surface area (Å²) in [5.41, 5.74) is -0.430. The van der Waals surface area contributed by atoms with Crippen LogP contribution >= 0.6 is 0 Å². The first-order chi connectivity index (χ1) is 12.8. The maximum Gasteiger partial charge on any atom is 0.416 e. The lowest BCUT2D eigenvalue weighted by atomic mass is 9.99. The quantitative estimate of drug-likeness (QED) is 0.370. The van der Waals surface area contributed by atoms with Gasteiger partial charge >= 0.3 is 12.1 Å². The van der Waals surface area contributed by atoms with Crippen molar-refractivity contribution in [3.05, 3.63) is 35.4 Å². The molecule has 1 aliphatic rings. The summed E-state index contributed by atoms with van der Waals surface area (Å²) in [6.45, 7) is 3.34. The van der Waals surface area contributed by atoms with E-state index >= 15 is 0 Å². The van der Waals surface area contributed by atoms with Gasteiger partial charge in [-0.1, -0.05) is 24.8 Å². The van der Waals surface area contributed by atoms with E-state index in [-0.39, 0.29) is 24.3 Å². The zero-order valence-electron chi connectivity index (χ0n) is 15.4. The summed E-state index contributed by atoms with van der Waals surface area (Å²) in [6.07, 6.45) is -4.39. The molecule has 1 aliphatic heterocycles. The van der Waals surface area contributed by atoms with Gasteiger partial charge in [-0.25, -0.2) is 0 Å². The molecular formula is C19H22F3N3O2. The summed E-state index contributed by atoms with van der Waals surface area (Å²) in [5.74, 6) is 5.77. The molecule has 1 fully saturated rings. The average Bonchev–Trinajstić information content (AvgIpc) is 3.02. The first-order valence-electron chi connectivity index (χ1n) is 8.45. The molecular weight excluding hydrogens is 359 g/mol. The van der Waals surface area contributed by atoms with Crippen molar-refractivity contribution in [3.8, 4) is 11.8 Å². The molecule has 0 spiro atoms. The summed E-state index contributed by atoms with van der Waals surface area (Å²) < 4.78 is 43.0. The maximum atomic E-state index is 12.7. The molecule has 2 rings (SSSR count). The highest BCUT2D eigenvalue weighted by atomic mass is 19.4. The van der Waals surface area contributed by atoms with Crippen LogP contribution in [0.15, 0.2) is 29.3 Å². The van der Waals surface area contributed by atoms with Gasteiger partial charge in [0.05, 0.1) is 25.1 Å². The van der Waals surface area contributed by atoms with Crippen molar-refractivity contribution >= 4 is 11.9 Å². The number of esters is 1. The first kappa shape index (κ1) is 20.6. The SMILES string of the molecule is CN=C(NCC#Cc1cccc(C(F)(F)F)c1)N1CC(C)C(C(=O)OC)C1. The molecule has 1 aromatic carbocycles. The summed E-state index contributed by atoms with van der Waals surface area (Å²) in [7, 11) is 2.99. The number of hydrogen-bond donors (Lipinski definition) is 1. The molecule has 1 N–H and O–H groups in total. The number of likely N-dealkylation sites (tertiary alicyclic amines) is 1. The predicted octanol–water partition coefficient (Wildman–Crippen LogP) is 2.37. The minimum atomic E-state index is -4.39. The monoisotopic (exact) mass is 381 g/mol. The van der Waals surface area contributed by atoms with E-state index in [1.165, 1.54) is 19.2 Å². The number of aliphatic imine (C=N–C) groups is 1. The van der Waals surface area contributed by atoms with Crippen LogP contribution < -0.4 is 5.32 Å². The Kier molecular flexibility index (Phi) is 6.72. The number of guanidine groups is 1. The van der Waals surface area contributed by atoms with E-state index in [1.807, 2.05) is 11.8 Å². The van der Waals surface area contributed by atoms with Crippen molar-refractivity contribution in [2.24, 2.45) is 16.8 Å². The molecule has 5 nitrogen and oxygen atoms in total. The first-order valence-corrected chi connectivity index (χ1v) is 8.45. The van der Waals surface area contributed by atoms with E-state index in [0.29, 0.717) is 24.6 Å². The molecule has 1 saturated heterocycles. The van der Waals surface area contributed by atoms with Crippen LogP contribution in [0.1, 0.15) is 18.1 Å². The molecule has 2 atom stereocenters. The number of carbonyl (C=O) groups excluding carboxylic acids is 1. The molecule has 0 amide bonds. The van der Waals surface area contributed by atoms with E-state index in [4.69, 9.17) is 4.74 Å². The Morgan fingerprint density at radius 1 is 1.41 bits per heavy atom. The molecule has 0 saturated carbocycles. The fourth-order valence-corrected chi connectivity index (χ4v) is 2.97. The molecule has 2 unspecified atom stereocenters. The number of nitrogens with one attached hydrogen (secondary N) is 1. The molecule has 146 valence electrons. The third kappa shape index (κ3) is 5.39. The Morgan fingerprint density at radius 2 is 2.15 bits per heavy atom. The lowest BCUT2D eigenvalue weighted by Crippen LogP contribution is -2.40. The van der Waals surface area contributed by atoms with Gasteiger partial charge in [0.1, 0.15) is 0 Å². The van der Waals surface area contributed by atoms with Gasteiger partial charge in [0.15, 0.2) is 5.96 Å². The summed E-state index contributed by atoms with van der Waals surface area (Å²) >= 11 is 0. The molecule has 27 heavy (non-hydrogen) atoms. The molecule has 1 aromatic rings. The van der Waals surface area contributed by atoms with E-state index in [1.54, 1.807) is 7.05 Å². The molecule has 0 aliphatic carbocycles. The van der Waals surface area contributed by atoms with E-state index in [0.717, 1.165) is 12.1 Å². The van der Waals surface area contributed by atoms with Crippen molar-refractivity contribution in [3.63, 3.8) is 0 Å². The topological polar surface area (TPSA) is 53.9 Å². The van der Waals surface area contributed by atoms with Gasteiger partial charge in [0, 0.05) is 25.7 Å². The van der Waals surface area contributed by atoms with Gasteiger partial charge in [-0.2, -0.15) is 13.2 Å². The summed E-state index contributed by atoms with van der Waals surface area (Å²) in [6, 6.07) is 4.89. The molecule has 1 heterocycles. The number of carbonyl (C=O) groups is 1. The van der Waals surface area contributed by atoms with Crippen molar-refractivity contribution < 1.29 is 22.7 Å². The van der Waals surface area contributed by atoms with Gasteiger partial charge in [0.2, 0.25) is 0 Å². The second-order valence-electron chi connectivity index (χ2n) is 6.29. The van der Waals surface area contributed by atoms with Crippen LogP contribution in [0.4, 0.5) is 13.2 Å². The molecule has 0 radical (unpaired) electrons. The van der Waals surface area contributed by atoms with E-state index in [9.17, 15) is 18.0 Å². The molecule has 0 bridgehead atoms. The highest BCUT2D eigenvalue weighted by Gasteiger charge is 2.36. The van der Waals surface area contributed by atoms with Gasteiger partial charge in [-0.05, 0) is 24.1 Å². The van der Waals surface area contributed by atoms with Crippen LogP contribution in [-0.4, -0.2) is 50.6 Å². The Morgan fingerprint density at radius 3 is 2.78 bits per heavy atom. The number of rotatable bonds is 2. The number of halogens is 3. The van der Waals surface area contributed by atoms with Crippen LogP contribution in [-0.2, 0) is 15.7 Å². The minimum absolute atomic E-state index is 0.132. The predicted molar refractivity (Wildman–Crippen MR) is 95.9 cm³/mol. The average molecular weight is 381 g/mol. The van der Waals surface area contributed by atoms with Crippen LogP contribution in [0.5, 0.6) is 0 Å². The van der Waals surface area contributed by atoms with Crippen LogP contribution in [0.25, 0.3) is 0 Å². The number of methoxy groups -OCH3 is 1. The Balaban J connectivity index is 1.95. The number of hydrogen-bond acceptors (Lipinski definition) is 3. The Labute approximate surface area is 156 Å². The number of nitrogens with zero attached hydrogens (tertiary/aromatic N) is 2. The highest BCUT2D eigenvalue weighted by molar-refractivity contribution is 5.82. The normalized spacial score (nSPS) is 20.1. The van der Waals surface area contributed by atoms with Gasteiger partial charge in [-0.15, -0.1) is 0 Å². The van der Waals surface area contributed by atoms with Crippen molar-refractivity contribution in [1.82, 2.24) is 10.2 Å². The molecule has 8 heteroatoms. The van der Waals surface area contributed by atoms with Crippen molar-refractivity contribution in [2.75, 3.05) is 33.8 Å². The minimum Gasteiger partial charge on any atom is -0.469 e. The van der Waals surface area contributed by atoms with Gasteiger partial charge in [-0.3, -0.25) is 9.79 Å². The molecule has 0 aromatic heterocycles. The fourth-order valence-electron chi connectivity index (χ4n) is 2.97.